The summed E-state index contributed by atoms with van der Waals surface area (Å²) in [4.78, 5) is 8.22. The zero-order valence-electron chi connectivity index (χ0n) is 22.6. The Morgan fingerprint density at radius 2 is 1.53 bits per heavy atom. The Morgan fingerprint density at radius 3 is 2.00 bits per heavy atom. The van der Waals surface area contributed by atoms with Crippen LogP contribution in [0.4, 0.5) is 0 Å². The molecule has 6 nitrogen and oxygen atoms in total. The topological polar surface area (TPSA) is 84.3 Å². The summed E-state index contributed by atoms with van der Waals surface area (Å²) in [6.45, 7) is 15.9. The van der Waals surface area contributed by atoms with Crippen LogP contribution in [-0.2, 0) is 22.0 Å². The molecule has 0 saturated carbocycles. The molecule has 2 aromatic heterocycles. The van der Waals surface area contributed by atoms with Gasteiger partial charge < -0.3 is 0 Å². The first-order valence-electron chi connectivity index (χ1n) is 12.1. The van der Waals surface area contributed by atoms with Gasteiger partial charge in [-0.1, -0.05) is 26.7 Å². The summed E-state index contributed by atoms with van der Waals surface area (Å²) >= 11 is 6.72. The highest BCUT2D eigenvalue weighted by atomic mass is 79.9. The van der Waals surface area contributed by atoms with Gasteiger partial charge in [0, 0.05) is 24.0 Å². The molecule has 0 amide bonds. The molecule has 202 valence electrons. The van der Waals surface area contributed by atoms with Crippen LogP contribution in [0.15, 0.2) is 50.3 Å². The van der Waals surface area contributed by atoms with Crippen LogP contribution >= 0.6 is 31.9 Å². The van der Waals surface area contributed by atoms with Gasteiger partial charge in [0.05, 0.1) is 26.2 Å². The van der Waals surface area contributed by atoms with Crippen molar-refractivity contribution in [2.24, 2.45) is 4.40 Å². The first-order valence-corrected chi connectivity index (χ1v) is 15.9. The van der Waals surface area contributed by atoms with Crippen molar-refractivity contribution in [1.29, 1.82) is 0 Å². The van der Waals surface area contributed by atoms with Gasteiger partial charge in [-0.05, 0) is 116 Å². The lowest BCUT2D eigenvalue weighted by Crippen LogP contribution is -2.35. The quantitative estimate of drug-likeness (QED) is 0.221. The Morgan fingerprint density at radius 1 is 0.944 bits per heavy atom. The smallest absolute Gasteiger partial charge is 0.145 e. The van der Waals surface area contributed by atoms with Crippen LogP contribution in [0, 0.1) is 0 Å². The largest absolute Gasteiger partial charge is 0.249 e. The van der Waals surface area contributed by atoms with E-state index in [1.165, 1.54) is 0 Å². The summed E-state index contributed by atoms with van der Waals surface area (Å²) in [6.07, 6.45) is 7.28. The third-order valence-electron chi connectivity index (χ3n) is 4.80. The van der Waals surface area contributed by atoms with Crippen LogP contribution in [0.3, 0.4) is 0 Å². The van der Waals surface area contributed by atoms with Crippen molar-refractivity contribution in [2.45, 2.75) is 96.6 Å². The lowest BCUT2D eigenvalue weighted by Gasteiger charge is -2.24. The van der Waals surface area contributed by atoms with E-state index in [4.69, 9.17) is 0 Å². The summed E-state index contributed by atoms with van der Waals surface area (Å²) in [7, 11) is -2.29. The van der Waals surface area contributed by atoms with Crippen LogP contribution in [0.1, 0.15) is 98.2 Å². The highest BCUT2D eigenvalue weighted by Crippen LogP contribution is 2.23. The molecule has 0 aliphatic heterocycles. The van der Waals surface area contributed by atoms with Gasteiger partial charge in [0.1, 0.15) is 20.2 Å². The molecule has 36 heavy (non-hydrogen) atoms. The first kappa shape index (κ1) is 33.2. The number of nitrogens with zero attached hydrogens (tertiary/aromatic N) is 3. The molecule has 0 aliphatic rings. The second-order valence-corrected chi connectivity index (χ2v) is 15.8. The minimum atomic E-state index is -1.22. The van der Waals surface area contributed by atoms with Gasteiger partial charge in [-0.3, -0.25) is 0 Å². The van der Waals surface area contributed by atoms with Gasteiger partial charge in [-0.25, -0.2) is 23.1 Å². The third-order valence-corrected chi connectivity index (χ3v) is 8.71. The molecule has 0 aromatic carbocycles. The summed E-state index contributed by atoms with van der Waals surface area (Å²) in [5.74, 6) is 0. The molecule has 2 rings (SSSR count). The standard InChI is InChI=1S/C13H21BrN2OS.C13H19BrN2OS/c2*1-5-6-11(16-18(17)13(2,3)4)10-7-8-15-12(14)9-10/h7-9,11,16H,5-6H2,1-4H3;7-9H,5-6H2,1-4H3/t11-,18+;18-/m01/s1. The van der Waals surface area contributed by atoms with Gasteiger partial charge in [0.2, 0.25) is 0 Å². The van der Waals surface area contributed by atoms with Crippen molar-refractivity contribution in [3.05, 3.63) is 57.0 Å². The van der Waals surface area contributed by atoms with Gasteiger partial charge in [-0.15, -0.1) is 0 Å². The SMILES string of the molecule is CCCC(=N[S@](=O)C(C)(C)C)c1ccnc(Br)c1.CCC[C@H](N[S@](=O)C(C)(C)C)c1ccnc(Br)c1. The Labute approximate surface area is 239 Å². The Kier molecular flexibility index (Phi) is 14.4. The predicted octanol–water partition coefficient (Wildman–Crippen LogP) is 7.63. The number of aromatic nitrogens is 2. The first-order chi connectivity index (χ1) is 16.7. The molecule has 10 heteroatoms. The van der Waals surface area contributed by atoms with E-state index in [0.29, 0.717) is 0 Å². The average Bonchev–Trinajstić information content (AvgIpc) is 2.77. The number of hydrogen-bond acceptors (Lipinski definition) is 4. The lowest BCUT2D eigenvalue weighted by atomic mass is 10.1. The van der Waals surface area contributed by atoms with Gasteiger partial charge in [-0.2, -0.15) is 4.40 Å². The number of halogens is 2. The Balaban J connectivity index is 0.000000360. The fourth-order valence-electron chi connectivity index (χ4n) is 2.82. The number of hydrogen-bond donors (Lipinski definition) is 1. The van der Waals surface area contributed by atoms with Crippen LogP contribution < -0.4 is 4.72 Å². The summed E-state index contributed by atoms with van der Waals surface area (Å²) < 4.78 is 32.9. The van der Waals surface area contributed by atoms with Gasteiger partial charge in [0.15, 0.2) is 0 Å². The summed E-state index contributed by atoms with van der Waals surface area (Å²) in [6, 6.07) is 7.87. The monoisotopic (exact) mass is 662 g/mol. The van der Waals surface area contributed by atoms with E-state index in [1.54, 1.807) is 12.4 Å². The van der Waals surface area contributed by atoms with E-state index >= 15 is 0 Å². The van der Waals surface area contributed by atoms with Crippen molar-refractivity contribution < 1.29 is 8.42 Å². The number of rotatable bonds is 9. The predicted molar refractivity (Wildman–Crippen MR) is 162 cm³/mol. The van der Waals surface area contributed by atoms with E-state index < -0.39 is 22.0 Å². The molecule has 0 aliphatic carbocycles. The highest BCUT2D eigenvalue weighted by Gasteiger charge is 2.23. The molecular formula is C26H40Br2N4O2S2. The molecule has 0 unspecified atom stereocenters. The molecule has 0 radical (unpaired) electrons. The van der Waals surface area contributed by atoms with Gasteiger partial charge >= 0.3 is 0 Å². The average molecular weight is 665 g/mol. The molecule has 0 fully saturated rings. The Hall–Kier alpha value is -0.810. The molecule has 2 aromatic rings. The zero-order chi connectivity index (χ0) is 27.5. The van der Waals surface area contributed by atoms with E-state index in [2.05, 4.69) is 64.8 Å². The van der Waals surface area contributed by atoms with Crippen molar-refractivity contribution in [3.63, 3.8) is 0 Å². The lowest BCUT2D eigenvalue weighted by molar-refractivity contribution is 0.564. The van der Waals surface area contributed by atoms with Crippen LogP contribution in [0.2, 0.25) is 0 Å². The minimum Gasteiger partial charge on any atom is -0.249 e. The minimum absolute atomic E-state index is 0.106. The second-order valence-electron chi connectivity index (χ2n) is 10.3. The van der Waals surface area contributed by atoms with Gasteiger partial charge in [0.25, 0.3) is 0 Å². The second kappa shape index (κ2) is 15.6. The maximum Gasteiger partial charge on any atom is 0.145 e. The van der Waals surface area contributed by atoms with Crippen molar-refractivity contribution in [3.8, 4) is 0 Å². The molecule has 1 N–H and O–H groups in total. The summed E-state index contributed by atoms with van der Waals surface area (Å²) in [5.41, 5.74) is 2.99. The normalized spacial score (nSPS) is 15.0. The number of nitrogens with one attached hydrogen (secondary N) is 1. The molecule has 0 spiro atoms. The molecule has 0 saturated heterocycles. The van der Waals surface area contributed by atoms with E-state index in [1.807, 2.05) is 65.8 Å². The molecular weight excluding hydrogens is 624 g/mol. The van der Waals surface area contributed by atoms with E-state index in [9.17, 15) is 8.42 Å². The highest BCUT2D eigenvalue weighted by molar-refractivity contribution is 9.10. The fraction of sp³-hybridized carbons (Fsp3) is 0.577. The van der Waals surface area contributed by atoms with Crippen molar-refractivity contribution >= 4 is 59.5 Å². The molecule has 3 atom stereocenters. The van der Waals surface area contributed by atoms with E-state index in [-0.39, 0.29) is 15.5 Å². The van der Waals surface area contributed by atoms with Crippen LogP contribution in [-0.4, -0.2) is 33.6 Å². The summed E-state index contributed by atoms with van der Waals surface area (Å²) in [5, 5.41) is 0. The fourth-order valence-corrected chi connectivity index (χ4v) is 5.10. The van der Waals surface area contributed by atoms with Crippen LogP contribution in [0.5, 0.6) is 0 Å². The maximum absolute atomic E-state index is 12.2. The van der Waals surface area contributed by atoms with E-state index in [0.717, 1.165) is 51.7 Å². The van der Waals surface area contributed by atoms with Crippen molar-refractivity contribution in [1.82, 2.24) is 14.7 Å². The van der Waals surface area contributed by atoms with Crippen molar-refractivity contribution in [2.75, 3.05) is 0 Å². The zero-order valence-corrected chi connectivity index (χ0v) is 27.4. The van der Waals surface area contributed by atoms with Crippen LogP contribution in [0.25, 0.3) is 0 Å². The number of pyridine rings is 2. The molecule has 2 heterocycles. The third kappa shape index (κ3) is 12.2. The molecule has 0 bridgehead atoms. The maximum atomic E-state index is 12.2. The Bertz CT molecular complexity index is 1050.